The summed E-state index contributed by atoms with van der Waals surface area (Å²) in [5, 5.41) is 9.81. The van der Waals surface area contributed by atoms with Crippen molar-refractivity contribution in [3.05, 3.63) is 47.0 Å². The number of benzene rings is 1. The average molecular weight is 374 g/mol. The van der Waals surface area contributed by atoms with E-state index in [1.807, 2.05) is 25.1 Å². The molecular formula is C22H30O5. The minimum Gasteiger partial charge on any atom is -0.458 e. The van der Waals surface area contributed by atoms with Crippen molar-refractivity contribution in [1.29, 1.82) is 0 Å². The molecule has 1 fully saturated rings. The van der Waals surface area contributed by atoms with E-state index in [-0.39, 0.29) is 19.6 Å². The molecule has 2 rings (SSSR count). The van der Waals surface area contributed by atoms with Crippen LogP contribution in [0.25, 0.3) is 0 Å². The molecule has 1 N–H and O–H groups in total. The second kappa shape index (κ2) is 9.70. The molecule has 148 valence electrons. The van der Waals surface area contributed by atoms with E-state index in [2.05, 4.69) is 13.8 Å². The minimum atomic E-state index is -1.19. The molecular weight excluding hydrogens is 344 g/mol. The Kier molecular flexibility index (Phi) is 7.60. The van der Waals surface area contributed by atoms with Crippen LogP contribution in [0, 0.1) is 12.8 Å². The highest BCUT2D eigenvalue weighted by Crippen LogP contribution is 2.33. The van der Waals surface area contributed by atoms with E-state index in [0.717, 1.165) is 31.2 Å². The molecule has 0 spiro atoms. The zero-order valence-electron chi connectivity index (χ0n) is 16.5. The minimum absolute atomic E-state index is 0.162. The third-order valence-electron chi connectivity index (χ3n) is 5.02. The number of hydrogen-bond donors (Lipinski definition) is 1. The Hall–Kier alpha value is -2.14. The number of unbranched alkanes of at least 4 members (excludes halogenated alkanes) is 1. The Labute approximate surface area is 161 Å². The fourth-order valence-corrected chi connectivity index (χ4v) is 3.18. The molecule has 0 radical (unpaired) electrons. The lowest BCUT2D eigenvalue weighted by Crippen LogP contribution is -2.39. The van der Waals surface area contributed by atoms with E-state index < -0.39 is 17.5 Å². The van der Waals surface area contributed by atoms with E-state index >= 15 is 0 Å². The van der Waals surface area contributed by atoms with Gasteiger partial charge in [-0.1, -0.05) is 50.5 Å². The average Bonchev–Trinajstić information content (AvgIpc) is 2.99. The third kappa shape index (κ3) is 5.67. The van der Waals surface area contributed by atoms with Gasteiger partial charge in [0.25, 0.3) is 0 Å². The lowest BCUT2D eigenvalue weighted by molar-refractivity contribution is -0.154. The van der Waals surface area contributed by atoms with Crippen LogP contribution in [0.1, 0.15) is 61.9 Å². The Morgan fingerprint density at radius 2 is 2.04 bits per heavy atom. The predicted octanol–water partition coefficient (Wildman–Crippen LogP) is 3.97. The normalized spacial score (nSPS) is 21.9. The number of carbonyl (C=O) groups is 2. The van der Waals surface area contributed by atoms with Crippen molar-refractivity contribution in [1.82, 2.24) is 0 Å². The fraction of sp³-hybridized carbons (Fsp3) is 0.545. The lowest BCUT2D eigenvalue weighted by atomic mass is 9.93. The van der Waals surface area contributed by atoms with Crippen molar-refractivity contribution in [2.75, 3.05) is 13.2 Å². The number of allylic oxidation sites excluding steroid dienone is 1. The summed E-state index contributed by atoms with van der Waals surface area (Å²) in [5.74, 6) is -0.604. The fourth-order valence-electron chi connectivity index (χ4n) is 3.18. The van der Waals surface area contributed by atoms with Gasteiger partial charge in [-0.05, 0) is 37.8 Å². The number of cyclic esters (lactones) is 1. The summed E-state index contributed by atoms with van der Waals surface area (Å²) >= 11 is 0. The van der Waals surface area contributed by atoms with Gasteiger partial charge in [0.15, 0.2) is 5.60 Å². The highest BCUT2D eigenvalue weighted by Gasteiger charge is 2.44. The van der Waals surface area contributed by atoms with E-state index in [0.29, 0.717) is 17.1 Å². The Bertz CT molecular complexity index is 676. The van der Waals surface area contributed by atoms with E-state index in [4.69, 9.17) is 9.47 Å². The molecule has 2 unspecified atom stereocenters. The van der Waals surface area contributed by atoms with E-state index in [1.165, 1.54) is 0 Å². The summed E-state index contributed by atoms with van der Waals surface area (Å²) in [4.78, 5) is 24.5. The predicted molar refractivity (Wildman–Crippen MR) is 103 cm³/mol. The molecule has 2 atom stereocenters. The highest BCUT2D eigenvalue weighted by molar-refractivity contribution is 5.92. The second-order valence-corrected chi connectivity index (χ2v) is 7.35. The molecule has 5 nitrogen and oxygen atoms in total. The monoisotopic (exact) mass is 374 g/mol. The molecule has 5 heteroatoms. The molecule has 0 aromatic heterocycles. The molecule has 1 aromatic rings. The van der Waals surface area contributed by atoms with Crippen LogP contribution in [0.2, 0.25) is 0 Å². The number of rotatable bonds is 9. The number of aliphatic hydroxyl groups is 1. The first-order valence-corrected chi connectivity index (χ1v) is 9.71. The summed E-state index contributed by atoms with van der Waals surface area (Å²) in [7, 11) is 0. The molecule has 0 amide bonds. The molecule has 1 aliphatic rings. The second-order valence-electron chi connectivity index (χ2n) is 7.35. The topological polar surface area (TPSA) is 72.8 Å². The van der Waals surface area contributed by atoms with Crippen molar-refractivity contribution >= 4 is 11.9 Å². The zero-order chi connectivity index (χ0) is 19.9. The number of hydrogen-bond acceptors (Lipinski definition) is 5. The maximum absolute atomic E-state index is 12.3. The van der Waals surface area contributed by atoms with Crippen molar-refractivity contribution < 1.29 is 24.2 Å². The van der Waals surface area contributed by atoms with Crippen LogP contribution in [0.3, 0.4) is 0 Å². The van der Waals surface area contributed by atoms with Crippen molar-refractivity contribution in [3.63, 3.8) is 0 Å². The quantitative estimate of drug-likeness (QED) is 0.523. The van der Waals surface area contributed by atoms with Crippen LogP contribution in [-0.4, -0.2) is 35.9 Å². The van der Waals surface area contributed by atoms with E-state index in [1.54, 1.807) is 12.1 Å². The van der Waals surface area contributed by atoms with Gasteiger partial charge in [0.05, 0.1) is 12.2 Å². The van der Waals surface area contributed by atoms with Crippen molar-refractivity contribution in [3.8, 4) is 0 Å². The summed E-state index contributed by atoms with van der Waals surface area (Å²) in [6.45, 7) is 5.63. The van der Waals surface area contributed by atoms with Gasteiger partial charge in [-0.2, -0.15) is 0 Å². The molecule has 1 aliphatic heterocycles. The van der Waals surface area contributed by atoms with Crippen molar-refractivity contribution in [2.45, 2.75) is 58.5 Å². The van der Waals surface area contributed by atoms with Crippen LogP contribution in [-0.2, 0) is 14.3 Å². The molecule has 0 bridgehead atoms. The molecule has 1 aromatic carbocycles. The summed E-state index contributed by atoms with van der Waals surface area (Å²) in [6.07, 6.45) is 6.42. The first-order valence-electron chi connectivity index (χ1n) is 9.71. The number of ether oxygens (including phenoxy) is 2. The first kappa shape index (κ1) is 21.2. The summed E-state index contributed by atoms with van der Waals surface area (Å²) in [6, 6.07) is 7.04. The van der Waals surface area contributed by atoms with Crippen LogP contribution >= 0.6 is 0 Å². The van der Waals surface area contributed by atoms with Gasteiger partial charge in [-0.15, -0.1) is 0 Å². The standard InChI is InChI=1S/C22H30O5/c1-4-6-7-17(5-2)12-19-13-22(14-23,27-21(19)25)15-26-20(24)18-10-8-16(3)9-11-18/h8-12,17,23H,4-7,13-15H2,1-3H3/b19-12+. The number of esters is 2. The molecule has 1 saturated heterocycles. The van der Waals surface area contributed by atoms with Crippen LogP contribution < -0.4 is 0 Å². The Balaban J connectivity index is 2.03. The van der Waals surface area contributed by atoms with E-state index in [9.17, 15) is 14.7 Å². The summed E-state index contributed by atoms with van der Waals surface area (Å²) in [5.41, 5.74) is 0.857. The van der Waals surface area contributed by atoms with Gasteiger partial charge < -0.3 is 14.6 Å². The zero-order valence-corrected chi connectivity index (χ0v) is 16.5. The largest absolute Gasteiger partial charge is 0.458 e. The molecule has 1 heterocycles. The number of aryl methyl sites for hydroxylation is 1. The van der Waals surface area contributed by atoms with Gasteiger partial charge >= 0.3 is 11.9 Å². The highest BCUT2D eigenvalue weighted by atomic mass is 16.6. The molecule has 0 aliphatic carbocycles. The maximum atomic E-state index is 12.3. The van der Waals surface area contributed by atoms with Crippen LogP contribution in [0.15, 0.2) is 35.9 Å². The van der Waals surface area contributed by atoms with Gasteiger partial charge in [0, 0.05) is 12.0 Å². The smallest absolute Gasteiger partial charge is 0.338 e. The van der Waals surface area contributed by atoms with Crippen molar-refractivity contribution in [2.24, 2.45) is 5.92 Å². The number of aliphatic hydroxyl groups excluding tert-OH is 1. The number of carbonyl (C=O) groups excluding carboxylic acids is 2. The first-order chi connectivity index (χ1) is 12.9. The van der Waals surface area contributed by atoms with Gasteiger partial charge in [0.2, 0.25) is 0 Å². The summed E-state index contributed by atoms with van der Waals surface area (Å²) < 4.78 is 10.8. The van der Waals surface area contributed by atoms with Gasteiger partial charge in [-0.3, -0.25) is 0 Å². The SMILES string of the molecule is CCCCC(/C=C1\CC(CO)(COC(=O)c2ccc(C)cc2)OC1=O)CC. The Morgan fingerprint density at radius 3 is 2.63 bits per heavy atom. The molecule has 27 heavy (non-hydrogen) atoms. The lowest BCUT2D eigenvalue weighted by Gasteiger charge is -2.24. The van der Waals surface area contributed by atoms with Gasteiger partial charge in [-0.25, -0.2) is 9.59 Å². The molecule has 0 saturated carbocycles. The van der Waals surface area contributed by atoms with Crippen LogP contribution in [0.4, 0.5) is 0 Å². The maximum Gasteiger partial charge on any atom is 0.338 e. The third-order valence-corrected chi connectivity index (χ3v) is 5.02. The Morgan fingerprint density at radius 1 is 1.33 bits per heavy atom. The van der Waals surface area contributed by atoms with Gasteiger partial charge in [0.1, 0.15) is 6.61 Å². The van der Waals surface area contributed by atoms with Crippen LogP contribution in [0.5, 0.6) is 0 Å².